The van der Waals surface area contributed by atoms with E-state index in [0.717, 1.165) is 18.8 Å². The van der Waals surface area contributed by atoms with Gasteiger partial charge in [-0.25, -0.2) is 8.78 Å². The number of anilines is 1. The molecular formula is C16H22F2N4. The van der Waals surface area contributed by atoms with Crippen LogP contribution >= 0.6 is 0 Å². The summed E-state index contributed by atoms with van der Waals surface area (Å²) in [6.45, 7) is 3.40. The fourth-order valence-corrected chi connectivity index (χ4v) is 2.94. The summed E-state index contributed by atoms with van der Waals surface area (Å²) < 4.78 is 27.7. The number of nitrogens with one attached hydrogen (secondary N) is 2. The molecule has 22 heavy (non-hydrogen) atoms. The summed E-state index contributed by atoms with van der Waals surface area (Å²) in [5.41, 5.74) is 0.0746. The minimum atomic E-state index is -0.505. The van der Waals surface area contributed by atoms with Crippen molar-refractivity contribution in [2.24, 2.45) is 10.9 Å². The van der Waals surface area contributed by atoms with Crippen molar-refractivity contribution >= 4 is 11.6 Å². The second-order valence-electron chi connectivity index (χ2n) is 6.18. The molecule has 3 unspecified atom stereocenters. The zero-order valence-corrected chi connectivity index (χ0v) is 12.9. The summed E-state index contributed by atoms with van der Waals surface area (Å²) in [4.78, 5) is 5.99. The normalized spacial score (nSPS) is 27.9. The third kappa shape index (κ3) is 3.15. The Morgan fingerprint density at radius 1 is 1.27 bits per heavy atom. The molecule has 0 spiro atoms. The van der Waals surface area contributed by atoms with Gasteiger partial charge in [0.2, 0.25) is 0 Å². The van der Waals surface area contributed by atoms with Crippen molar-refractivity contribution in [2.45, 2.75) is 31.8 Å². The van der Waals surface area contributed by atoms with Crippen LogP contribution in [-0.4, -0.2) is 38.2 Å². The molecule has 2 fully saturated rings. The molecule has 1 aliphatic carbocycles. The Hall–Kier alpha value is -1.85. The number of rotatable bonds is 3. The SMILES string of the molecule is CN=C(NC1CCN(c2c(F)cccc2F)C1)NC1CC1C. The van der Waals surface area contributed by atoms with E-state index < -0.39 is 11.6 Å². The molecule has 2 N–H and O–H groups in total. The largest absolute Gasteiger partial charge is 0.365 e. The van der Waals surface area contributed by atoms with Gasteiger partial charge in [0, 0.05) is 32.2 Å². The summed E-state index contributed by atoms with van der Waals surface area (Å²) in [5, 5.41) is 6.72. The minimum Gasteiger partial charge on any atom is -0.365 e. The van der Waals surface area contributed by atoms with Crippen LogP contribution in [0.4, 0.5) is 14.5 Å². The van der Waals surface area contributed by atoms with E-state index in [9.17, 15) is 8.78 Å². The Bertz CT molecular complexity index is 555. The van der Waals surface area contributed by atoms with Crippen LogP contribution in [-0.2, 0) is 0 Å². The summed E-state index contributed by atoms with van der Waals surface area (Å²) in [7, 11) is 1.74. The number of nitrogens with zero attached hydrogens (tertiary/aromatic N) is 2. The summed E-state index contributed by atoms with van der Waals surface area (Å²) >= 11 is 0. The fraction of sp³-hybridized carbons (Fsp3) is 0.562. The number of hydrogen-bond acceptors (Lipinski definition) is 2. The third-order valence-corrected chi connectivity index (χ3v) is 4.44. The molecule has 0 aromatic heterocycles. The molecule has 0 bridgehead atoms. The minimum absolute atomic E-state index is 0.0746. The van der Waals surface area contributed by atoms with Crippen molar-refractivity contribution in [2.75, 3.05) is 25.0 Å². The summed E-state index contributed by atoms with van der Waals surface area (Å²) in [5.74, 6) is 0.450. The molecule has 1 aliphatic heterocycles. The first-order valence-electron chi connectivity index (χ1n) is 7.77. The van der Waals surface area contributed by atoms with Gasteiger partial charge in [-0.05, 0) is 30.9 Å². The van der Waals surface area contributed by atoms with Gasteiger partial charge < -0.3 is 15.5 Å². The first-order chi connectivity index (χ1) is 10.6. The van der Waals surface area contributed by atoms with E-state index >= 15 is 0 Å². The molecule has 1 saturated heterocycles. The highest BCUT2D eigenvalue weighted by Gasteiger charge is 2.34. The van der Waals surface area contributed by atoms with Crippen molar-refractivity contribution in [1.82, 2.24) is 10.6 Å². The second-order valence-corrected chi connectivity index (χ2v) is 6.18. The molecule has 0 amide bonds. The number of aliphatic imine (C=N–C) groups is 1. The Kier molecular flexibility index (Phi) is 4.18. The highest BCUT2D eigenvalue weighted by Crippen LogP contribution is 2.29. The van der Waals surface area contributed by atoms with Crippen LogP contribution in [0.5, 0.6) is 0 Å². The predicted molar refractivity (Wildman–Crippen MR) is 84.2 cm³/mol. The number of halogens is 2. The Balaban J connectivity index is 1.60. The van der Waals surface area contributed by atoms with Gasteiger partial charge in [-0.3, -0.25) is 4.99 Å². The fourth-order valence-electron chi connectivity index (χ4n) is 2.94. The third-order valence-electron chi connectivity index (χ3n) is 4.44. The monoisotopic (exact) mass is 308 g/mol. The van der Waals surface area contributed by atoms with E-state index in [4.69, 9.17) is 0 Å². The van der Waals surface area contributed by atoms with Gasteiger partial charge in [0.25, 0.3) is 0 Å². The number of benzene rings is 1. The lowest BCUT2D eigenvalue weighted by Gasteiger charge is -2.21. The van der Waals surface area contributed by atoms with Gasteiger partial charge in [0.15, 0.2) is 5.96 Å². The predicted octanol–water partition coefficient (Wildman–Crippen LogP) is 2.12. The zero-order chi connectivity index (χ0) is 15.7. The van der Waals surface area contributed by atoms with Gasteiger partial charge in [-0.15, -0.1) is 0 Å². The zero-order valence-electron chi connectivity index (χ0n) is 12.9. The van der Waals surface area contributed by atoms with Crippen LogP contribution in [0.1, 0.15) is 19.8 Å². The van der Waals surface area contributed by atoms with Crippen molar-refractivity contribution in [1.29, 1.82) is 0 Å². The average molecular weight is 308 g/mol. The lowest BCUT2D eigenvalue weighted by atomic mass is 10.2. The van der Waals surface area contributed by atoms with E-state index in [1.807, 2.05) is 0 Å². The van der Waals surface area contributed by atoms with Crippen molar-refractivity contribution in [3.8, 4) is 0 Å². The van der Waals surface area contributed by atoms with E-state index in [2.05, 4.69) is 22.5 Å². The van der Waals surface area contributed by atoms with E-state index in [0.29, 0.717) is 25.0 Å². The van der Waals surface area contributed by atoms with E-state index in [1.165, 1.54) is 18.2 Å². The summed E-state index contributed by atoms with van der Waals surface area (Å²) in [6.07, 6.45) is 1.99. The van der Waals surface area contributed by atoms with Crippen LogP contribution in [0, 0.1) is 17.6 Å². The molecule has 1 aromatic rings. The van der Waals surface area contributed by atoms with E-state index in [1.54, 1.807) is 11.9 Å². The molecule has 4 nitrogen and oxygen atoms in total. The highest BCUT2D eigenvalue weighted by molar-refractivity contribution is 5.80. The molecule has 120 valence electrons. The Labute approximate surface area is 129 Å². The number of para-hydroxylation sites is 1. The standard InChI is InChI=1S/C16H22F2N4/c1-10-8-14(10)21-16(19-2)20-11-6-7-22(9-11)15-12(17)4-3-5-13(15)18/h3-5,10-11,14H,6-9H2,1-2H3,(H2,19,20,21). The first-order valence-corrected chi connectivity index (χ1v) is 7.77. The van der Waals surface area contributed by atoms with E-state index in [-0.39, 0.29) is 11.7 Å². The molecule has 2 aliphatic rings. The summed E-state index contributed by atoms with van der Waals surface area (Å²) in [6, 6.07) is 4.62. The van der Waals surface area contributed by atoms with Crippen molar-refractivity contribution in [3.63, 3.8) is 0 Å². The van der Waals surface area contributed by atoms with Gasteiger partial charge in [0.1, 0.15) is 17.3 Å². The maximum Gasteiger partial charge on any atom is 0.191 e. The lowest BCUT2D eigenvalue weighted by molar-refractivity contribution is 0.575. The van der Waals surface area contributed by atoms with Crippen LogP contribution < -0.4 is 15.5 Å². The molecule has 1 aromatic carbocycles. The number of hydrogen-bond donors (Lipinski definition) is 2. The topological polar surface area (TPSA) is 39.7 Å². The molecule has 0 radical (unpaired) electrons. The highest BCUT2D eigenvalue weighted by atomic mass is 19.1. The first kappa shape index (κ1) is 15.1. The van der Waals surface area contributed by atoms with Crippen molar-refractivity contribution < 1.29 is 8.78 Å². The number of guanidine groups is 1. The van der Waals surface area contributed by atoms with Gasteiger partial charge in [-0.2, -0.15) is 0 Å². The molecule has 1 heterocycles. The van der Waals surface area contributed by atoms with Crippen LogP contribution in [0.25, 0.3) is 0 Å². The van der Waals surface area contributed by atoms with Gasteiger partial charge in [-0.1, -0.05) is 13.0 Å². The molecule has 1 saturated carbocycles. The smallest absolute Gasteiger partial charge is 0.191 e. The maximum atomic E-state index is 13.8. The average Bonchev–Trinajstić information content (AvgIpc) is 2.97. The molecule has 6 heteroatoms. The Morgan fingerprint density at radius 2 is 1.95 bits per heavy atom. The second kappa shape index (κ2) is 6.10. The molecule has 3 atom stereocenters. The van der Waals surface area contributed by atoms with Crippen LogP contribution in [0.2, 0.25) is 0 Å². The lowest BCUT2D eigenvalue weighted by Crippen LogP contribution is -2.45. The molecular weight excluding hydrogens is 286 g/mol. The van der Waals surface area contributed by atoms with Gasteiger partial charge in [0.05, 0.1) is 0 Å². The van der Waals surface area contributed by atoms with Crippen LogP contribution in [0.15, 0.2) is 23.2 Å². The maximum absolute atomic E-state index is 13.8. The molecule has 3 rings (SSSR count). The van der Waals surface area contributed by atoms with Crippen molar-refractivity contribution in [3.05, 3.63) is 29.8 Å². The van der Waals surface area contributed by atoms with Crippen LogP contribution in [0.3, 0.4) is 0 Å². The van der Waals surface area contributed by atoms with Gasteiger partial charge >= 0.3 is 0 Å². The Morgan fingerprint density at radius 3 is 2.55 bits per heavy atom. The quantitative estimate of drug-likeness (QED) is 0.664.